The van der Waals surface area contributed by atoms with E-state index in [9.17, 15) is 13.2 Å². The normalized spacial score (nSPS) is 23.6. The van der Waals surface area contributed by atoms with Gasteiger partial charge in [-0.05, 0) is 31.7 Å². The average Bonchev–Trinajstić information content (AvgIpc) is 2.41. The van der Waals surface area contributed by atoms with E-state index in [0.29, 0.717) is 19.4 Å². The number of methoxy groups -OCH3 is 1. The quantitative estimate of drug-likeness (QED) is 0.888. The first-order chi connectivity index (χ1) is 9.50. The van der Waals surface area contributed by atoms with Gasteiger partial charge in [0.25, 0.3) is 0 Å². The Balaban J connectivity index is 1.93. The van der Waals surface area contributed by atoms with E-state index in [-0.39, 0.29) is 18.9 Å². The lowest BCUT2D eigenvalue weighted by molar-refractivity contribution is -0.182. The average molecular weight is 287 g/mol. The lowest BCUT2D eigenvalue weighted by atomic mass is 9.85. The highest BCUT2D eigenvalue weighted by molar-refractivity contribution is 5.51. The fraction of sp³-hybridized carbons (Fsp3) is 0.600. The number of ether oxygens (including phenoxy) is 1. The predicted molar refractivity (Wildman–Crippen MR) is 72.6 cm³/mol. The van der Waals surface area contributed by atoms with E-state index >= 15 is 0 Å². The second-order valence-corrected chi connectivity index (χ2v) is 5.32. The fourth-order valence-electron chi connectivity index (χ4n) is 2.73. The molecule has 0 aromatic heterocycles. The zero-order chi connectivity index (χ0) is 14.6. The number of hydrogen-bond donors (Lipinski definition) is 1. The second-order valence-electron chi connectivity index (χ2n) is 5.32. The molecule has 1 aromatic rings. The van der Waals surface area contributed by atoms with Crippen LogP contribution in [0.2, 0.25) is 0 Å². The van der Waals surface area contributed by atoms with Gasteiger partial charge >= 0.3 is 6.18 Å². The Morgan fingerprint density at radius 3 is 2.40 bits per heavy atom. The van der Waals surface area contributed by atoms with Crippen LogP contribution in [-0.4, -0.2) is 19.3 Å². The Morgan fingerprint density at radius 2 is 1.80 bits per heavy atom. The van der Waals surface area contributed by atoms with Gasteiger partial charge < -0.3 is 10.1 Å². The number of anilines is 1. The first-order valence-electron chi connectivity index (χ1n) is 6.91. The van der Waals surface area contributed by atoms with Crippen LogP contribution in [0.25, 0.3) is 0 Å². The van der Waals surface area contributed by atoms with E-state index in [1.807, 2.05) is 24.3 Å². The summed E-state index contributed by atoms with van der Waals surface area (Å²) >= 11 is 0. The van der Waals surface area contributed by atoms with E-state index in [1.54, 1.807) is 7.11 Å². The molecule has 0 aliphatic heterocycles. The molecule has 0 spiro atoms. The van der Waals surface area contributed by atoms with Crippen LogP contribution in [0, 0.1) is 5.92 Å². The third-order valence-corrected chi connectivity index (χ3v) is 3.87. The molecule has 112 valence electrons. The highest BCUT2D eigenvalue weighted by Crippen LogP contribution is 2.38. The zero-order valence-electron chi connectivity index (χ0n) is 11.5. The molecule has 2 rings (SSSR count). The molecule has 0 heterocycles. The molecule has 1 fully saturated rings. The van der Waals surface area contributed by atoms with Crippen molar-refractivity contribution in [3.8, 4) is 0 Å². The SMILES string of the molecule is COCc1ccccc1NC1CCC(C(F)(F)F)CC1. The maximum Gasteiger partial charge on any atom is 0.391 e. The molecule has 1 aliphatic carbocycles. The van der Waals surface area contributed by atoms with Crippen LogP contribution in [0.4, 0.5) is 18.9 Å². The van der Waals surface area contributed by atoms with Crippen molar-refractivity contribution in [3.05, 3.63) is 29.8 Å². The van der Waals surface area contributed by atoms with E-state index in [4.69, 9.17) is 4.74 Å². The number of rotatable bonds is 4. The molecule has 1 saturated carbocycles. The molecule has 2 nitrogen and oxygen atoms in total. The van der Waals surface area contributed by atoms with Crippen LogP contribution in [0.5, 0.6) is 0 Å². The molecule has 0 saturated heterocycles. The highest BCUT2D eigenvalue weighted by atomic mass is 19.4. The number of hydrogen-bond acceptors (Lipinski definition) is 2. The summed E-state index contributed by atoms with van der Waals surface area (Å²) in [4.78, 5) is 0. The van der Waals surface area contributed by atoms with Crippen molar-refractivity contribution in [1.82, 2.24) is 0 Å². The molecule has 5 heteroatoms. The van der Waals surface area contributed by atoms with Gasteiger partial charge in [0.1, 0.15) is 0 Å². The summed E-state index contributed by atoms with van der Waals surface area (Å²) in [5.41, 5.74) is 2.00. The summed E-state index contributed by atoms with van der Waals surface area (Å²) in [6.45, 7) is 0.501. The standard InChI is InChI=1S/C15H20F3NO/c1-20-10-11-4-2-3-5-14(11)19-13-8-6-12(7-9-13)15(16,17)18/h2-5,12-13,19H,6-10H2,1H3. The van der Waals surface area contributed by atoms with Crippen molar-refractivity contribution < 1.29 is 17.9 Å². The number of nitrogens with one attached hydrogen (secondary N) is 1. The van der Waals surface area contributed by atoms with Gasteiger partial charge in [0.2, 0.25) is 0 Å². The van der Waals surface area contributed by atoms with Gasteiger partial charge in [0, 0.05) is 24.4 Å². The van der Waals surface area contributed by atoms with Crippen molar-refractivity contribution in [2.24, 2.45) is 5.92 Å². The van der Waals surface area contributed by atoms with Gasteiger partial charge in [-0.3, -0.25) is 0 Å². The fourth-order valence-corrected chi connectivity index (χ4v) is 2.73. The van der Waals surface area contributed by atoms with Crippen molar-refractivity contribution in [1.29, 1.82) is 0 Å². The molecule has 1 aromatic carbocycles. The third-order valence-electron chi connectivity index (χ3n) is 3.87. The van der Waals surface area contributed by atoms with E-state index < -0.39 is 12.1 Å². The van der Waals surface area contributed by atoms with Crippen LogP contribution in [-0.2, 0) is 11.3 Å². The van der Waals surface area contributed by atoms with Gasteiger partial charge in [0.05, 0.1) is 12.5 Å². The molecular formula is C15H20F3NO. The second kappa shape index (κ2) is 6.48. The number of benzene rings is 1. The largest absolute Gasteiger partial charge is 0.391 e. The van der Waals surface area contributed by atoms with Gasteiger partial charge in [-0.2, -0.15) is 13.2 Å². The van der Waals surface area contributed by atoms with Gasteiger partial charge in [-0.25, -0.2) is 0 Å². The third kappa shape index (κ3) is 3.88. The van der Waals surface area contributed by atoms with Crippen LogP contribution in [0.3, 0.4) is 0 Å². The Labute approximate surface area is 117 Å². The van der Waals surface area contributed by atoms with Crippen LogP contribution in [0.15, 0.2) is 24.3 Å². The molecule has 0 bridgehead atoms. The summed E-state index contributed by atoms with van der Waals surface area (Å²) in [7, 11) is 1.63. The minimum absolute atomic E-state index is 0.117. The molecule has 0 amide bonds. The predicted octanol–water partition coefficient (Wildman–Crippen LogP) is 4.37. The lowest BCUT2D eigenvalue weighted by Crippen LogP contribution is -2.33. The molecule has 0 atom stereocenters. The minimum atomic E-state index is -4.04. The Hall–Kier alpha value is -1.23. The Bertz CT molecular complexity index is 425. The van der Waals surface area contributed by atoms with E-state index in [1.165, 1.54) is 0 Å². The minimum Gasteiger partial charge on any atom is -0.382 e. The molecule has 20 heavy (non-hydrogen) atoms. The first kappa shape index (κ1) is 15.2. The number of alkyl halides is 3. The van der Waals surface area contributed by atoms with E-state index in [2.05, 4.69) is 5.32 Å². The van der Waals surface area contributed by atoms with Crippen molar-refractivity contribution in [2.45, 2.75) is 44.5 Å². The molecular weight excluding hydrogens is 267 g/mol. The van der Waals surface area contributed by atoms with Gasteiger partial charge in [0.15, 0.2) is 0 Å². The number of halogens is 3. The van der Waals surface area contributed by atoms with E-state index in [0.717, 1.165) is 11.3 Å². The summed E-state index contributed by atoms with van der Waals surface area (Å²) in [6.07, 6.45) is -2.49. The molecule has 0 unspecified atom stereocenters. The highest BCUT2D eigenvalue weighted by Gasteiger charge is 2.41. The Morgan fingerprint density at radius 1 is 1.15 bits per heavy atom. The maximum absolute atomic E-state index is 12.6. The first-order valence-corrected chi connectivity index (χ1v) is 6.91. The summed E-state index contributed by atoms with van der Waals surface area (Å²) in [5.74, 6) is -1.13. The smallest absolute Gasteiger partial charge is 0.382 e. The van der Waals surface area contributed by atoms with Crippen LogP contribution < -0.4 is 5.32 Å². The summed E-state index contributed by atoms with van der Waals surface area (Å²) in [6, 6.07) is 7.88. The van der Waals surface area contributed by atoms with Crippen LogP contribution in [0.1, 0.15) is 31.2 Å². The zero-order valence-corrected chi connectivity index (χ0v) is 11.5. The molecule has 0 radical (unpaired) electrons. The lowest BCUT2D eigenvalue weighted by Gasteiger charge is -2.31. The van der Waals surface area contributed by atoms with Crippen molar-refractivity contribution in [2.75, 3.05) is 12.4 Å². The topological polar surface area (TPSA) is 21.3 Å². The molecule has 1 aliphatic rings. The number of para-hydroxylation sites is 1. The van der Waals surface area contributed by atoms with Crippen LogP contribution >= 0.6 is 0 Å². The van der Waals surface area contributed by atoms with Gasteiger partial charge in [-0.15, -0.1) is 0 Å². The van der Waals surface area contributed by atoms with Crippen molar-refractivity contribution in [3.63, 3.8) is 0 Å². The monoisotopic (exact) mass is 287 g/mol. The summed E-state index contributed by atoms with van der Waals surface area (Å²) in [5, 5.41) is 3.36. The molecule has 1 N–H and O–H groups in total. The Kier molecular flexibility index (Phi) is 4.91. The van der Waals surface area contributed by atoms with Gasteiger partial charge in [-0.1, -0.05) is 18.2 Å². The maximum atomic E-state index is 12.6. The van der Waals surface area contributed by atoms with Crippen molar-refractivity contribution >= 4 is 5.69 Å². The summed E-state index contributed by atoms with van der Waals surface area (Å²) < 4.78 is 43.0.